The van der Waals surface area contributed by atoms with Gasteiger partial charge in [-0.25, -0.2) is 0 Å². The molecule has 1 N–H and O–H groups in total. The molecule has 3 rings (SSSR count). The molecule has 0 spiro atoms. The fraction of sp³-hybridized carbons (Fsp3) is 0.286. The first-order chi connectivity index (χ1) is 12.3. The Kier molecular flexibility index (Phi) is 5.12. The highest BCUT2D eigenvalue weighted by Crippen LogP contribution is 2.28. The number of aryl methyl sites for hydroxylation is 2. The number of para-hydroxylation sites is 1. The molecule has 1 aromatic heterocycles. The molecule has 26 heavy (non-hydrogen) atoms. The van der Waals surface area contributed by atoms with Crippen molar-refractivity contribution in [3.8, 4) is 0 Å². The predicted octanol–water partition coefficient (Wildman–Crippen LogP) is 4.29. The van der Waals surface area contributed by atoms with Crippen molar-refractivity contribution in [2.45, 2.75) is 33.7 Å². The Hall–Kier alpha value is -2.24. The number of hydrogen-bond acceptors (Lipinski definition) is 2. The van der Waals surface area contributed by atoms with Crippen LogP contribution in [-0.2, 0) is 16.7 Å². The van der Waals surface area contributed by atoms with Gasteiger partial charge in [-0.1, -0.05) is 35.4 Å². The topological polar surface area (TPSA) is 58.2 Å². The summed E-state index contributed by atoms with van der Waals surface area (Å²) in [5.74, 6) is -0.239. The van der Waals surface area contributed by atoms with Crippen LogP contribution in [0.4, 0.5) is 0 Å². The number of fused-ring (bicyclic) bond motifs is 2. The van der Waals surface area contributed by atoms with E-state index in [1.165, 1.54) is 16.7 Å². The molecule has 0 unspecified atom stereocenters. The van der Waals surface area contributed by atoms with Gasteiger partial charge in [0.25, 0.3) is 10.1 Å². The van der Waals surface area contributed by atoms with Crippen LogP contribution < -0.4 is 4.57 Å². The van der Waals surface area contributed by atoms with Crippen LogP contribution in [0.3, 0.4) is 0 Å². The summed E-state index contributed by atoms with van der Waals surface area (Å²) >= 11 is 0. The molecule has 0 atom stereocenters. The van der Waals surface area contributed by atoms with E-state index < -0.39 is 10.1 Å². The molecule has 0 saturated carbocycles. The SMILES string of the molecule is CC(C)=Cc1c2ccccc2[n+](CCCS(=O)(=O)O)c2ccc(C)cc12. The number of nitrogens with zero attached hydrogens (tertiary/aromatic N) is 1. The van der Waals surface area contributed by atoms with E-state index in [9.17, 15) is 8.42 Å². The Balaban J connectivity index is 2.30. The van der Waals surface area contributed by atoms with Gasteiger partial charge in [-0.2, -0.15) is 13.0 Å². The second-order valence-corrected chi connectivity index (χ2v) is 8.54. The van der Waals surface area contributed by atoms with E-state index in [0.29, 0.717) is 13.0 Å². The molecule has 4 nitrogen and oxygen atoms in total. The van der Waals surface area contributed by atoms with Crippen molar-refractivity contribution in [3.05, 3.63) is 59.2 Å². The maximum atomic E-state index is 11.1. The third-order valence-corrected chi connectivity index (χ3v) is 5.24. The molecule has 0 aliphatic rings. The van der Waals surface area contributed by atoms with E-state index in [1.807, 2.05) is 12.1 Å². The first kappa shape index (κ1) is 18.5. The van der Waals surface area contributed by atoms with Gasteiger partial charge in [0.15, 0.2) is 6.54 Å². The molecule has 136 valence electrons. The van der Waals surface area contributed by atoms with Gasteiger partial charge in [-0.3, -0.25) is 4.55 Å². The van der Waals surface area contributed by atoms with Gasteiger partial charge in [-0.15, -0.1) is 0 Å². The zero-order valence-corrected chi connectivity index (χ0v) is 16.2. The van der Waals surface area contributed by atoms with Gasteiger partial charge >= 0.3 is 0 Å². The van der Waals surface area contributed by atoms with Crippen LogP contribution in [0, 0.1) is 6.92 Å². The van der Waals surface area contributed by atoms with E-state index in [0.717, 1.165) is 21.8 Å². The lowest BCUT2D eigenvalue weighted by Gasteiger charge is -2.11. The standard InChI is InChI=1S/C21H23NO3S/c1-15(2)13-18-17-7-4-5-8-20(17)22(11-6-12-26(23,24)25)21-10-9-16(3)14-19(18)21/h4-5,7-10,13-14H,6,11-12H2,1-3H3/p+1. The Morgan fingerprint density at radius 3 is 2.46 bits per heavy atom. The lowest BCUT2D eigenvalue weighted by Crippen LogP contribution is -2.37. The molecule has 5 heteroatoms. The number of hydrogen-bond donors (Lipinski definition) is 1. The number of aromatic nitrogens is 1. The van der Waals surface area contributed by atoms with Gasteiger partial charge in [0.2, 0.25) is 11.0 Å². The van der Waals surface area contributed by atoms with Crippen molar-refractivity contribution in [2.24, 2.45) is 0 Å². The summed E-state index contributed by atoms with van der Waals surface area (Å²) in [6.45, 7) is 6.77. The number of pyridine rings is 1. The normalized spacial score (nSPS) is 11.8. The average Bonchev–Trinajstić information content (AvgIpc) is 2.56. The molecule has 0 bridgehead atoms. The third-order valence-electron chi connectivity index (χ3n) is 4.44. The van der Waals surface area contributed by atoms with Crippen LogP contribution >= 0.6 is 0 Å². The van der Waals surface area contributed by atoms with Gasteiger partial charge in [0, 0.05) is 24.1 Å². The Bertz CT molecular complexity index is 1110. The second-order valence-electron chi connectivity index (χ2n) is 6.96. The van der Waals surface area contributed by atoms with Crippen molar-refractivity contribution in [3.63, 3.8) is 0 Å². The highest BCUT2D eigenvalue weighted by molar-refractivity contribution is 7.85. The minimum Gasteiger partial charge on any atom is -0.286 e. The summed E-state index contributed by atoms with van der Waals surface area (Å²) in [6, 6.07) is 14.5. The second kappa shape index (κ2) is 7.17. The number of benzene rings is 2. The zero-order chi connectivity index (χ0) is 18.9. The maximum Gasteiger partial charge on any atom is 0.265 e. The molecule has 0 aliphatic heterocycles. The molecule has 2 aromatic carbocycles. The van der Waals surface area contributed by atoms with Crippen LogP contribution in [0.15, 0.2) is 48.0 Å². The quantitative estimate of drug-likeness (QED) is 0.414. The van der Waals surface area contributed by atoms with E-state index in [-0.39, 0.29) is 5.75 Å². The number of allylic oxidation sites excluding steroid dienone is 1. The van der Waals surface area contributed by atoms with Crippen molar-refractivity contribution in [2.75, 3.05) is 5.75 Å². The van der Waals surface area contributed by atoms with Crippen LogP contribution in [0.2, 0.25) is 0 Å². The Morgan fingerprint density at radius 2 is 1.77 bits per heavy atom. The number of rotatable bonds is 5. The minimum atomic E-state index is -3.95. The molecule has 0 radical (unpaired) electrons. The van der Waals surface area contributed by atoms with Crippen molar-refractivity contribution in [1.29, 1.82) is 0 Å². The van der Waals surface area contributed by atoms with Crippen molar-refractivity contribution < 1.29 is 17.5 Å². The summed E-state index contributed by atoms with van der Waals surface area (Å²) in [7, 11) is -3.95. The zero-order valence-electron chi connectivity index (χ0n) is 15.4. The van der Waals surface area contributed by atoms with Crippen LogP contribution in [0.5, 0.6) is 0 Å². The Morgan fingerprint density at radius 1 is 1.08 bits per heavy atom. The molecule has 0 amide bonds. The lowest BCUT2D eigenvalue weighted by molar-refractivity contribution is -0.645. The first-order valence-electron chi connectivity index (χ1n) is 8.71. The van der Waals surface area contributed by atoms with Gasteiger partial charge in [0.05, 0.1) is 16.5 Å². The monoisotopic (exact) mass is 370 g/mol. The highest BCUT2D eigenvalue weighted by Gasteiger charge is 2.20. The fourth-order valence-electron chi connectivity index (χ4n) is 3.40. The van der Waals surface area contributed by atoms with Crippen molar-refractivity contribution >= 4 is 38.0 Å². The summed E-state index contributed by atoms with van der Waals surface area (Å²) in [5.41, 5.74) is 5.72. The van der Waals surface area contributed by atoms with Crippen LogP contribution in [0.1, 0.15) is 31.4 Å². The fourth-order valence-corrected chi connectivity index (χ4v) is 3.90. The predicted molar refractivity (Wildman–Crippen MR) is 107 cm³/mol. The molecular formula is C21H24NO3S+. The van der Waals surface area contributed by atoms with E-state index >= 15 is 0 Å². The van der Waals surface area contributed by atoms with E-state index in [4.69, 9.17) is 4.55 Å². The summed E-state index contributed by atoms with van der Waals surface area (Å²) in [5, 5.41) is 2.29. The van der Waals surface area contributed by atoms with Crippen LogP contribution in [0.25, 0.3) is 27.9 Å². The molecule has 1 heterocycles. The van der Waals surface area contributed by atoms with Gasteiger partial charge in [-0.05, 0) is 32.9 Å². The Labute approximate surface area is 154 Å². The minimum absolute atomic E-state index is 0.239. The smallest absolute Gasteiger partial charge is 0.265 e. The summed E-state index contributed by atoms with van der Waals surface area (Å²) < 4.78 is 33.4. The first-order valence-corrected chi connectivity index (χ1v) is 10.3. The largest absolute Gasteiger partial charge is 0.286 e. The van der Waals surface area contributed by atoms with Gasteiger partial charge < -0.3 is 0 Å². The third kappa shape index (κ3) is 3.94. The summed E-state index contributed by atoms with van der Waals surface area (Å²) in [6.07, 6.45) is 2.56. The highest BCUT2D eigenvalue weighted by atomic mass is 32.2. The molecular weight excluding hydrogens is 346 g/mol. The molecule has 3 aromatic rings. The average molecular weight is 370 g/mol. The van der Waals surface area contributed by atoms with Crippen molar-refractivity contribution in [1.82, 2.24) is 0 Å². The van der Waals surface area contributed by atoms with E-state index in [2.05, 4.69) is 61.7 Å². The molecule has 0 saturated heterocycles. The van der Waals surface area contributed by atoms with E-state index in [1.54, 1.807) is 0 Å². The maximum absolute atomic E-state index is 11.1. The van der Waals surface area contributed by atoms with Crippen LogP contribution in [-0.4, -0.2) is 18.7 Å². The lowest BCUT2D eigenvalue weighted by atomic mass is 9.98. The molecule has 0 fully saturated rings. The van der Waals surface area contributed by atoms with Gasteiger partial charge in [0.1, 0.15) is 0 Å². The summed E-state index contributed by atoms with van der Waals surface area (Å²) in [4.78, 5) is 0. The molecule has 0 aliphatic carbocycles.